The number of alkyl halides is 3. The average molecular weight is 593 g/mol. The number of pyridine rings is 2. The van der Waals surface area contributed by atoms with E-state index in [1.807, 2.05) is 19.1 Å². The maximum absolute atomic E-state index is 13.2. The van der Waals surface area contributed by atoms with Gasteiger partial charge in [0.1, 0.15) is 5.75 Å². The molecule has 10 heteroatoms. The van der Waals surface area contributed by atoms with E-state index in [2.05, 4.69) is 9.97 Å². The van der Waals surface area contributed by atoms with E-state index in [1.54, 1.807) is 48.4 Å². The lowest BCUT2D eigenvalue weighted by atomic mass is 10.1. The van der Waals surface area contributed by atoms with Crippen LogP contribution in [0.15, 0.2) is 54.9 Å². The van der Waals surface area contributed by atoms with Crippen molar-refractivity contribution in [2.24, 2.45) is 0 Å². The Labute approximate surface area is 214 Å². The molecule has 0 spiro atoms. The predicted molar refractivity (Wildman–Crippen MR) is 132 cm³/mol. The monoisotopic (exact) mass is 593 g/mol. The van der Waals surface area contributed by atoms with Gasteiger partial charge in [0.05, 0.1) is 19.1 Å². The molecular weight excluding hydrogens is 571 g/mol. The minimum Gasteiger partial charge on any atom is -0.477 e. The molecule has 0 fully saturated rings. The fourth-order valence-corrected chi connectivity index (χ4v) is 4.01. The van der Waals surface area contributed by atoms with Crippen LogP contribution < -0.4 is 9.47 Å². The fraction of sp³-hybridized carbons (Fsp3) is 0.280. The van der Waals surface area contributed by atoms with Crippen molar-refractivity contribution in [3.05, 3.63) is 82.8 Å². The van der Waals surface area contributed by atoms with Gasteiger partial charge in [-0.15, -0.1) is 0 Å². The van der Waals surface area contributed by atoms with E-state index in [-0.39, 0.29) is 36.7 Å². The molecule has 0 bridgehead atoms. The van der Waals surface area contributed by atoms with E-state index in [0.717, 1.165) is 28.2 Å². The number of ether oxygens (including phenoxy) is 2. The van der Waals surface area contributed by atoms with Crippen molar-refractivity contribution in [1.29, 1.82) is 0 Å². The molecule has 2 aromatic heterocycles. The van der Waals surface area contributed by atoms with Gasteiger partial charge in [0, 0.05) is 35.6 Å². The Hall–Kier alpha value is -3.15. The number of rotatable bonds is 8. The minimum absolute atomic E-state index is 0.0968. The van der Waals surface area contributed by atoms with Gasteiger partial charge in [-0.3, -0.25) is 4.79 Å². The molecule has 3 heterocycles. The van der Waals surface area contributed by atoms with E-state index in [0.29, 0.717) is 22.4 Å². The van der Waals surface area contributed by atoms with E-state index in [4.69, 9.17) is 9.47 Å². The van der Waals surface area contributed by atoms with E-state index >= 15 is 0 Å². The zero-order valence-corrected chi connectivity index (χ0v) is 21.2. The molecule has 35 heavy (non-hydrogen) atoms. The highest BCUT2D eigenvalue weighted by atomic mass is 127. The zero-order valence-electron chi connectivity index (χ0n) is 19.0. The Kier molecular flexibility index (Phi) is 7.29. The van der Waals surface area contributed by atoms with Crippen molar-refractivity contribution in [3.63, 3.8) is 0 Å². The number of para-hydroxylation sites is 1. The van der Waals surface area contributed by atoms with Crippen molar-refractivity contribution in [2.75, 3.05) is 6.61 Å². The number of hydrogen-bond acceptors (Lipinski definition) is 6. The quantitative estimate of drug-likeness (QED) is 0.148. The zero-order chi connectivity index (χ0) is 25.2. The largest absolute Gasteiger partial charge is 0.477 e. The van der Waals surface area contributed by atoms with Crippen LogP contribution in [0.5, 0.6) is 11.6 Å². The van der Waals surface area contributed by atoms with Crippen LogP contribution in [0.4, 0.5) is 8.78 Å². The summed E-state index contributed by atoms with van der Waals surface area (Å²) in [5.41, 5.74) is 2.42. The number of aryl methyl sites for hydroxylation is 1. The van der Waals surface area contributed by atoms with Crippen molar-refractivity contribution >= 4 is 34.5 Å². The summed E-state index contributed by atoms with van der Waals surface area (Å²) >= 11 is 1.07. The summed E-state index contributed by atoms with van der Waals surface area (Å²) < 4.78 is 34.0. The molecule has 182 valence electrons. The summed E-state index contributed by atoms with van der Waals surface area (Å²) in [7, 11) is 0. The second-order valence-corrected chi connectivity index (χ2v) is 9.68. The van der Waals surface area contributed by atoms with Crippen molar-refractivity contribution < 1.29 is 27.8 Å². The van der Waals surface area contributed by atoms with E-state index < -0.39 is 16.3 Å². The molecule has 4 rings (SSSR count). The van der Waals surface area contributed by atoms with Crippen LogP contribution in [-0.2, 0) is 6.54 Å². The Morgan fingerprint density at radius 3 is 2.66 bits per heavy atom. The van der Waals surface area contributed by atoms with Gasteiger partial charge < -0.3 is 14.4 Å². The predicted octanol–water partition coefficient (Wildman–Crippen LogP) is 5.52. The van der Waals surface area contributed by atoms with Crippen LogP contribution in [0, 0.1) is 6.92 Å². The summed E-state index contributed by atoms with van der Waals surface area (Å²) in [4.78, 5) is 36.0. The number of hydrogen-bond donors (Lipinski definition) is 0. The third kappa shape index (κ3) is 5.75. The minimum atomic E-state index is -2.84. The summed E-state index contributed by atoms with van der Waals surface area (Å²) in [5, 5.41) is 0. The van der Waals surface area contributed by atoms with Crippen LogP contribution in [0.3, 0.4) is 0 Å². The van der Waals surface area contributed by atoms with Gasteiger partial charge in [-0.2, -0.15) is 8.78 Å². The maximum atomic E-state index is 13.2. The number of carbonyl (C=O) groups excluding carboxylic acids is 2. The molecule has 0 aliphatic carbocycles. The van der Waals surface area contributed by atoms with Gasteiger partial charge in [0.2, 0.25) is 5.88 Å². The van der Waals surface area contributed by atoms with Gasteiger partial charge in [-0.1, -0.05) is 18.2 Å². The number of fused-ring (bicyclic) bond motifs is 1. The summed E-state index contributed by atoms with van der Waals surface area (Å²) in [6, 6.07) is 11.7. The second-order valence-electron chi connectivity index (χ2n) is 8.10. The first-order valence-corrected chi connectivity index (χ1v) is 11.9. The van der Waals surface area contributed by atoms with Crippen LogP contribution in [-0.4, -0.2) is 37.3 Å². The highest BCUT2D eigenvalue weighted by Crippen LogP contribution is 2.34. The van der Waals surface area contributed by atoms with Gasteiger partial charge >= 0.3 is 5.97 Å². The summed E-state index contributed by atoms with van der Waals surface area (Å²) in [5.74, 6) is -0.206. The third-order valence-corrected chi connectivity index (χ3v) is 6.19. The highest BCUT2D eigenvalue weighted by molar-refractivity contribution is 14.1. The van der Waals surface area contributed by atoms with Crippen LogP contribution in [0.25, 0.3) is 0 Å². The molecule has 7 nitrogen and oxygen atoms in total. The molecular formula is C25H22F2IN3O4. The molecule has 1 unspecified atom stereocenters. The lowest BCUT2D eigenvalue weighted by Gasteiger charge is -2.25. The number of esters is 1. The van der Waals surface area contributed by atoms with E-state index in [9.17, 15) is 18.4 Å². The average Bonchev–Trinajstić information content (AvgIpc) is 3.16. The smallest absolute Gasteiger partial charge is 0.362 e. The second kappa shape index (κ2) is 10.2. The molecule has 1 aromatic carbocycles. The third-order valence-electron chi connectivity index (χ3n) is 5.65. The first-order chi connectivity index (χ1) is 16.6. The van der Waals surface area contributed by atoms with Crippen LogP contribution >= 0.6 is 22.6 Å². The van der Waals surface area contributed by atoms with Crippen molar-refractivity contribution in [3.8, 4) is 11.6 Å². The molecule has 1 amide bonds. The SMILES string of the molecule is Cc1cc(C(C)N2Cc3c(ccnc3C(=O)Oc3ccccc3)C2=O)cnc1OCCC(F)(F)I. The Balaban J connectivity index is 1.50. The standard InChI is InChI=1S/C25H22F2IN3O4/c1-15-12-17(13-30-22(15)34-11-9-25(26,27)28)16(2)31-14-20-19(23(31)32)8-10-29-21(20)24(33)35-18-6-4-3-5-7-18/h3-8,10,12-13,16H,9,11,14H2,1-2H3. The number of benzene rings is 1. The Bertz CT molecular complexity index is 1250. The number of amides is 1. The van der Waals surface area contributed by atoms with Crippen LogP contribution in [0.1, 0.15) is 56.9 Å². The fourth-order valence-electron chi connectivity index (χ4n) is 3.79. The molecule has 1 aliphatic heterocycles. The number of aromatic nitrogens is 2. The topological polar surface area (TPSA) is 81.6 Å². The Morgan fingerprint density at radius 2 is 1.97 bits per heavy atom. The van der Waals surface area contributed by atoms with Crippen molar-refractivity contribution in [2.45, 2.75) is 36.8 Å². The molecule has 1 atom stereocenters. The van der Waals surface area contributed by atoms with Crippen LogP contribution in [0.2, 0.25) is 0 Å². The molecule has 1 aliphatic rings. The lowest BCUT2D eigenvalue weighted by molar-refractivity contribution is 0.0701. The summed E-state index contributed by atoms with van der Waals surface area (Å²) in [6.45, 7) is 3.65. The summed E-state index contributed by atoms with van der Waals surface area (Å²) in [6.07, 6.45) is 2.56. The van der Waals surface area contributed by atoms with Crippen molar-refractivity contribution in [1.82, 2.24) is 14.9 Å². The first kappa shape index (κ1) is 25.0. The van der Waals surface area contributed by atoms with Gasteiger partial charge in [-0.05, 0) is 66.3 Å². The molecule has 0 N–H and O–H groups in total. The van der Waals surface area contributed by atoms with Gasteiger partial charge in [0.15, 0.2) is 5.69 Å². The molecule has 0 saturated carbocycles. The number of nitrogens with zero attached hydrogens (tertiary/aromatic N) is 3. The first-order valence-electron chi connectivity index (χ1n) is 10.9. The number of carbonyl (C=O) groups is 2. The highest BCUT2D eigenvalue weighted by Gasteiger charge is 2.35. The van der Waals surface area contributed by atoms with Gasteiger partial charge in [0.25, 0.3) is 9.84 Å². The maximum Gasteiger partial charge on any atom is 0.362 e. The normalized spacial score (nSPS) is 14.0. The lowest BCUT2D eigenvalue weighted by Crippen LogP contribution is -2.27. The van der Waals surface area contributed by atoms with E-state index in [1.165, 1.54) is 6.20 Å². The molecule has 3 aromatic rings. The van der Waals surface area contributed by atoms with Gasteiger partial charge in [-0.25, -0.2) is 14.8 Å². The molecule has 0 radical (unpaired) electrons. The number of halogens is 3. The Morgan fingerprint density at radius 1 is 1.23 bits per heavy atom. The molecule has 0 saturated heterocycles.